The Hall–Kier alpha value is -0.890. The molecule has 0 saturated carbocycles. The Bertz CT molecular complexity index is 258. The largest absolute Gasteiger partial charge is 0.370 e. The zero-order chi connectivity index (χ0) is 9.90. The molecule has 0 fully saturated rings. The summed E-state index contributed by atoms with van der Waals surface area (Å²) in [6.45, 7) is 8.74. The molecule has 0 unspecified atom stereocenters. The molecule has 0 aliphatic rings. The number of ether oxygens (including phenoxy) is 1. The van der Waals surface area contributed by atoms with Crippen LogP contribution in [0.1, 0.15) is 32.0 Å². The van der Waals surface area contributed by atoms with Crippen molar-refractivity contribution in [1.29, 1.82) is 0 Å². The van der Waals surface area contributed by atoms with Gasteiger partial charge in [0.05, 0.1) is 17.9 Å². The summed E-state index contributed by atoms with van der Waals surface area (Å²) in [6, 6.07) is 4.05. The first-order chi connectivity index (χ1) is 5.97. The van der Waals surface area contributed by atoms with E-state index < -0.39 is 0 Å². The standard InChI is InChI=1S/C11H17NO/c1-9-5-6-10(12-7-9)8-13-11(2,3)4/h5-7H,8H2,1-4H3. The van der Waals surface area contributed by atoms with Crippen molar-refractivity contribution in [2.45, 2.75) is 39.9 Å². The quantitative estimate of drug-likeness (QED) is 0.696. The SMILES string of the molecule is Cc1ccc(COC(C)(C)C)nc1. The molecule has 0 saturated heterocycles. The van der Waals surface area contributed by atoms with Crippen LogP contribution in [0.15, 0.2) is 18.3 Å². The van der Waals surface area contributed by atoms with Crippen LogP contribution < -0.4 is 0 Å². The molecule has 2 nitrogen and oxygen atoms in total. The van der Waals surface area contributed by atoms with Gasteiger partial charge in [-0.3, -0.25) is 4.98 Å². The summed E-state index contributed by atoms with van der Waals surface area (Å²) in [5.41, 5.74) is 2.08. The average Bonchev–Trinajstić information content (AvgIpc) is 2.02. The van der Waals surface area contributed by atoms with Crippen LogP contribution in [0, 0.1) is 6.92 Å². The summed E-state index contributed by atoms with van der Waals surface area (Å²) in [5, 5.41) is 0. The van der Waals surface area contributed by atoms with Crippen molar-refractivity contribution in [3.8, 4) is 0 Å². The second-order valence-corrected chi connectivity index (χ2v) is 4.23. The number of hydrogen-bond donors (Lipinski definition) is 0. The molecule has 0 atom stereocenters. The molecule has 0 amide bonds. The van der Waals surface area contributed by atoms with Crippen molar-refractivity contribution < 1.29 is 4.74 Å². The van der Waals surface area contributed by atoms with Gasteiger partial charge in [0.25, 0.3) is 0 Å². The van der Waals surface area contributed by atoms with Crippen LogP contribution in [-0.2, 0) is 11.3 Å². The fourth-order valence-electron chi connectivity index (χ4n) is 0.874. The van der Waals surface area contributed by atoms with Gasteiger partial charge in [-0.1, -0.05) is 6.07 Å². The molecular formula is C11H17NO. The highest BCUT2D eigenvalue weighted by molar-refractivity contribution is 5.11. The van der Waals surface area contributed by atoms with E-state index in [2.05, 4.69) is 4.98 Å². The first-order valence-corrected chi connectivity index (χ1v) is 4.53. The Morgan fingerprint density at radius 2 is 2.00 bits per heavy atom. The number of hydrogen-bond acceptors (Lipinski definition) is 2. The maximum atomic E-state index is 5.59. The van der Waals surface area contributed by atoms with Crippen LogP contribution in [0.4, 0.5) is 0 Å². The topological polar surface area (TPSA) is 22.1 Å². The van der Waals surface area contributed by atoms with Crippen molar-refractivity contribution in [3.63, 3.8) is 0 Å². The average molecular weight is 179 g/mol. The van der Waals surface area contributed by atoms with Gasteiger partial charge in [-0.05, 0) is 39.3 Å². The Labute approximate surface area is 80.0 Å². The van der Waals surface area contributed by atoms with E-state index in [1.807, 2.05) is 46.0 Å². The third kappa shape index (κ3) is 4.04. The Morgan fingerprint density at radius 3 is 2.46 bits per heavy atom. The smallest absolute Gasteiger partial charge is 0.0894 e. The van der Waals surface area contributed by atoms with Gasteiger partial charge in [-0.2, -0.15) is 0 Å². The minimum absolute atomic E-state index is 0.0907. The van der Waals surface area contributed by atoms with Crippen LogP contribution >= 0.6 is 0 Å². The highest BCUT2D eigenvalue weighted by Gasteiger charge is 2.09. The highest BCUT2D eigenvalue weighted by atomic mass is 16.5. The third-order valence-corrected chi connectivity index (χ3v) is 1.63. The van der Waals surface area contributed by atoms with Crippen molar-refractivity contribution in [2.75, 3.05) is 0 Å². The number of nitrogens with zero attached hydrogens (tertiary/aromatic N) is 1. The monoisotopic (exact) mass is 179 g/mol. The summed E-state index contributed by atoms with van der Waals surface area (Å²) in [4.78, 5) is 4.26. The minimum Gasteiger partial charge on any atom is -0.370 e. The lowest BCUT2D eigenvalue weighted by atomic mass is 10.2. The normalized spacial score (nSPS) is 11.7. The second-order valence-electron chi connectivity index (χ2n) is 4.23. The molecular weight excluding hydrogens is 162 g/mol. The molecule has 0 bridgehead atoms. The van der Waals surface area contributed by atoms with Crippen molar-refractivity contribution in [3.05, 3.63) is 29.6 Å². The maximum absolute atomic E-state index is 5.59. The van der Waals surface area contributed by atoms with Crippen molar-refractivity contribution in [2.24, 2.45) is 0 Å². The molecule has 1 aromatic heterocycles. The number of pyridine rings is 1. The Balaban J connectivity index is 2.51. The van der Waals surface area contributed by atoms with E-state index in [0.717, 1.165) is 5.69 Å². The highest BCUT2D eigenvalue weighted by Crippen LogP contribution is 2.10. The van der Waals surface area contributed by atoms with Gasteiger partial charge in [0, 0.05) is 6.20 Å². The van der Waals surface area contributed by atoms with E-state index in [9.17, 15) is 0 Å². The van der Waals surface area contributed by atoms with E-state index in [0.29, 0.717) is 6.61 Å². The molecule has 2 heteroatoms. The van der Waals surface area contributed by atoms with Gasteiger partial charge in [-0.15, -0.1) is 0 Å². The van der Waals surface area contributed by atoms with Crippen LogP contribution in [0.2, 0.25) is 0 Å². The second kappa shape index (κ2) is 3.88. The van der Waals surface area contributed by atoms with Gasteiger partial charge < -0.3 is 4.74 Å². The molecule has 0 N–H and O–H groups in total. The minimum atomic E-state index is -0.0907. The lowest BCUT2D eigenvalue weighted by Crippen LogP contribution is -2.19. The molecule has 13 heavy (non-hydrogen) atoms. The van der Waals surface area contributed by atoms with Crippen LogP contribution in [0.5, 0.6) is 0 Å². The van der Waals surface area contributed by atoms with Crippen molar-refractivity contribution in [1.82, 2.24) is 4.98 Å². The van der Waals surface area contributed by atoms with Gasteiger partial charge in [0.15, 0.2) is 0 Å². The lowest BCUT2D eigenvalue weighted by molar-refractivity contribution is -0.0164. The maximum Gasteiger partial charge on any atom is 0.0894 e. The van der Waals surface area contributed by atoms with E-state index in [-0.39, 0.29) is 5.60 Å². The van der Waals surface area contributed by atoms with Gasteiger partial charge in [0.2, 0.25) is 0 Å². The molecule has 1 aromatic rings. The predicted molar refractivity (Wildman–Crippen MR) is 53.5 cm³/mol. The summed E-state index contributed by atoms with van der Waals surface area (Å²) in [5.74, 6) is 0. The first kappa shape index (κ1) is 10.2. The molecule has 0 spiro atoms. The fourth-order valence-corrected chi connectivity index (χ4v) is 0.874. The van der Waals surface area contributed by atoms with Crippen molar-refractivity contribution >= 4 is 0 Å². The van der Waals surface area contributed by atoms with E-state index >= 15 is 0 Å². The van der Waals surface area contributed by atoms with Crippen LogP contribution in [-0.4, -0.2) is 10.6 Å². The zero-order valence-electron chi connectivity index (χ0n) is 8.79. The zero-order valence-corrected chi connectivity index (χ0v) is 8.79. The number of aryl methyl sites for hydroxylation is 1. The molecule has 0 aliphatic carbocycles. The Kier molecular flexibility index (Phi) is 3.04. The van der Waals surface area contributed by atoms with Gasteiger partial charge in [-0.25, -0.2) is 0 Å². The van der Waals surface area contributed by atoms with Crippen LogP contribution in [0.25, 0.3) is 0 Å². The predicted octanol–water partition coefficient (Wildman–Crippen LogP) is 2.71. The number of rotatable bonds is 2. The van der Waals surface area contributed by atoms with E-state index in [4.69, 9.17) is 4.74 Å². The van der Waals surface area contributed by atoms with Crippen LogP contribution in [0.3, 0.4) is 0 Å². The molecule has 0 aliphatic heterocycles. The van der Waals surface area contributed by atoms with E-state index in [1.165, 1.54) is 5.56 Å². The van der Waals surface area contributed by atoms with Gasteiger partial charge in [0.1, 0.15) is 0 Å². The molecule has 72 valence electrons. The molecule has 1 rings (SSSR count). The Morgan fingerprint density at radius 1 is 1.31 bits per heavy atom. The number of aromatic nitrogens is 1. The lowest BCUT2D eigenvalue weighted by Gasteiger charge is -2.18. The summed E-state index contributed by atoms with van der Waals surface area (Å²) in [7, 11) is 0. The third-order valence-electron chi connectivity index (χ3n) is 1.63. The summed E-state index contributed by atoms with van der Waals surface area (Å²) >= 11 is 0. The summed E-state index contributed by atoms with van der Waals surface area (Å²) < 4.78 is 5.59. The van der Waals surface area contributed by atoms with Gasteiger partial charge >= 0.3 is 0 Å². The first-order valence-electron chi connectivity index (χ1n) is 4.53. The molecule has 1 heterocycles. The van der Waals surface area contributed by atoms with E-state index in [1.54, 1.807) is 0 Å². The molecule has 0 radical (unpaired) electrons. The molecule has 0 aromatic carbocycles. The summed E-state index contributed by atoms with van der Waals surface area (Å²) in [6.07, 6.45) is 1.86. The fraction of sp³-hybridized carbons (Fsp3) is 0.545.